The second kappa shape index (κ2) is 3.44. The Kier molecular flexibility index (Phi) is 2.41. The van der Waals surface area contributed by atoms with Crippen LogP contribution in [0.5, 0.6) is 0 Å². The third kappa shape index (κ3) is 1.21. The van der Waals surface area contributed by atoms with Gasteiger partial charge in [0.15, 0.2) is 6.17 Å². The molecule has 3 heterocycles. The lowest BCUT2D eigenvalue weighted by molar-refractivity contribution is 0.243. The summed E-state index contributed by atoms with van der Waals surface area (Å²) < 4.78 is 13.7. The first-order valence-electron chi connectivity index (χ1n) is 4.56. The maximum absolute atomic E-state index is 13.7. The Morgan fingerprint density at radius 3 is 3.14 bits per heavy atom. The molecule has 1 aromatic rings. The molecular weight excluding hydrogens is 205 g/mol. The van der Waals surface area contributed by atoms with Gasteiger partial charge in [0.25, 0.3) is 0 Å². The minimum Gasteiger partial charge on any atom is -0.304 e. The Morgan fingerprint density at radius 2 is 2.29 bits per heavy atom. The summed E-state index contributed by atoms with van der Waals surface area (Å²) in [7, 11) is 0. The van der Waals surface area contributed by atoms with Crippen molar-refractivity contribution in [3.8, 4) is 0 Å². The van der Waals surface area contributed by atoms with E-state index in [1.807, 2.05) is 0 Å². The molecule has 0 spiro atoms. The maximum Gasteiger partial charge on any atom is 0.158 e. The van der Waals surface area contributed by atoms with Crippen LogP contribution >= 0.6 is 12.4 Å². The van der Waals surface area contributed by atoms with Crippen molar-refractivity contribution >= 4 is 12.4 Å². The molecule has 1 fully saturated rings. The first-order chi connectivity index (χ1) is 6.36. The molecule has 0 amide bonds. The molecule has 5 heteroatoms. The van der Waals surface area contributed by atoms with E-state index in [-0.39, 0.29) is 24.5 Å². The fourth-order valence-corrected chi connectivity index (χ4v) is 2.29. The average Bonchev–Trinajstić information content (AvgIpc) is 2.61. The minimum atomic E-state index is -0.947. The van der Waals surface area contributed by atoms with E-state index in [0.717, 1.165) is 18.4 Å². The Morgan fingerprint density at radius 1 is 1.43 bits per heavy atom. The van der Waals surface area contributed by atoms with Crippen LogP contribution in [-0.4, -0.2) is 16.0 Å². The number of hydrogen-bond acceptors (Lipinski definition) is 3. The number of hydrogen-bond donors (Lipinski definition) is 1. The maximum atomic E-state index is 13.7. The van der Waals surface area contributed by atoms with Gasteiger partial charge in [-0.2, -0.15) is 0 Å². The van der Waals surface area contributed by atoms with E-state index in [1.165, 1.54) is 6.33 Å². The van der Waals surface area contributed by atoms with E-state index in [2.05, 4.69) is 15.3 Å². The van der Waals surface area contributed by atoms with E-state index in [4.69, 9.17) is 0 Å². The molecule has 3 atom stereocenters. The van der Waals surface area contributed by atoms with E-state index < -0.39 is 6.17 Å². The molecule has 3 rings (SSSR count). The summed E-state index contributed by atoms with van der Waals surface area (Å²) in [5, 5.41) is 3.24. The molecule has 1 saturated heterocycles. The van der Waals surface area contributed by atoms with Crippen LogP contribution in [0.2, 0.25) is 0 Å². The Bertz CT molecular complexity index is 332. The SMILES string of the molecule is Cl.FC1c2ncncc2C2CCC1N2. The predicted octanol–water partition coefficient (Wildman–Crippen LogP) is 1.72. The molecular formula is C9H11ClFN3. The lowest BCUT2D eigenvalue weighted by atomic mass is 10.0. The van der Waals surface area contributed by atoms with E-state index in [9.17, 15) is 4.39 Å². The molecule has 0 radical (unpaired) electrons. The minimum absolute atomic E-state index is 0. The van der Waals surface area contributed by atoms with Crippen molar-refractivity contribution in [2.45, 2.75) is 31.1 Å². The normalized spacial score (nSPS) is 33.4. The highest BCUT2D eigenvalue weighted by Gasteiger charge is 2.40. The third-order valence-corrected chi connectivity index (χ3v) is 2.94. The standard InChI is InChI=1S/C9H10FN3.ClH/c10-8-7-2-1-6(13-7)5-3-11-4-12-9(5)8;/h3-4,6-8,13H,1-2H2;1H. The monoisotopic (exact) mass is 215 g/mol. The molecule has 14 heavy (non-hydrogen) atoms. The summed E-state index contributed by atoms with van der Waals surface area (Å²) in [5.74, 6) is 0. The van der Waals surface area contributed by atoms with Gasteiger partial charge in [-0.15, -0.1) is 12.4 Å². The van der Waals surface area contributed by atoms with Crippen molar-refractivity contribution in [1.82, 2.24) is 15.3 Å². The molecule has 76 valence electrons. The van der Waals surface area contributed by atoms with Crippen LogP contribution in [0.4, 0.5) is 4.39 Å². The van der Waals surface area contributed by atoms with Gasteiger partial charge in [-0.1, -0.05) is 0 Å². The van der Waals surface area contributed by atoms with Crippen molar-refractivity contribution in [3.05, 3.63) is 23.8 Å². The van der Waals surface area contributed by atoms with Crippen LogP contribution < -0.4 is 5.32 Å². The average molecular weight is 216 g/mol. The molecule has 1 aromatic heterocycles. The number of nitrogens with one attached hydrogen (secondary N) is 1. The van der Waals surface area contributed by atoms with Crippen LogP contribution in [-0.2, 0) is 0 Å². The van der Waals surface area contributed by atoms with E-state index in [1.54, 1.807) is 6.20 Å². The van der Waals surface area contributed by atoms with Crippen LogP contribution in [0.15, 0.2) is 12.5 Å². The van der Waals surface area contributed by atoms with Crippen molar-refractivity contribution in [2.24, 2.45) is 0 Å². The quantitative estimate of drug-likeness (QED) is 0.716. The zero-order chi connectivity index (χ0) is 8.84. The van der Waals surface area contributed by atoms with Crippen LogP contribution in [0.1, 0.15) is 36.3 Å². The fraction of sp³-hybridized carbons (Fsp3) is 0.556. The largest absolute Gasteiger partial charge is 0.304 e. The van der Waals surface area contributed by atoms with E-state index >= 15 is 0 Å². The molecule has 0 aromatic carbocycles. The molecule has 3 unspecified atom stereocenters. The summed E-state index contributed by atoms with van der Waals surface area (Å²) in [6.45, 7) is 0. The molecule has 0 saturated carbocycles. The van der Waals surface area contributed by atoms with Crippen LogP contribution in [0.25, 0.3) is 0 Å². The molecule has 2 aliphatic rings. The molecule has 1 N–H and O–H groups in total. The van der Waals surface area contributed by atoms with Crippen LogP contribution in [0.3, 0.4) is 0 Å². The molecule has 0 aliphatic carbocycles. The summed E-state index contributed by atoms with van der Waals surface area (Å²) in [5.41, 5.74) is 1.55. The topological polar surface area (TPSA) is 37.8 Å². The highest BCUT2D eigenvalue weighted by molar-refractivity contribution is 5.85. The highest BCUT2D eigenvalue weighted by atomic mass is 35.5. The van der Waals surface area contributed by atoms with Crippen molar-refractivity contribution in [1.29, 1.82) is 0 Å². The molecule has 2 aliphatic heterocycles. The van der Waals surface area contributed by atoms with Crippen molar-refractivity contribution in [2.75, 3.05) is 0 Å². The number of nitrogens with zero attached hydrogens (tertiary/aromatic N) is 2. The predicted molar refractivity (Wildman–Crippen MR) is 52.0 cm³/mol. The molecule has 3 nitrogen and oxygen atoms in total. The van der Waals surface area contributed by atoms with Gasteiger partial charge >= 0.3 is 0 Å². The molecule has 2 bridgehead atoms. The zero-order valence-corrected chi connectivity index (χ0v) is 8.30. The Hall–Kier alpha value is -0.740. The van der Waals surface area contributed by atoms with Gasteiger partial charge < -0.3 is 5.32 Å². The van der Waals surface area contributed by atoms with E-state index in [0.29, 0.717) is 5.69 Å². The van der Waals surface area contributed by atoms with Gasteiger partial charge in [-0.3, -0.25) is 0 Å². The van der Waals surface area contributed by atoms with Crippen LogP contribution in [0, 0.1) is 0 Å². The number of halogens is 2. The van der Waals surface area contributed by atoms with Gasteiger partial charge in [0.2, 0.25) is 0 Å². The summed E-state index contributed by atoms with van der Waals surface area (Å²) in [6.07, 6.45) is 4.12. The number of aromatic nitrogens is 2. The highest BCUT2D eigenvalue weighted by Crippen LogP contribution is 2.41. The Labute approximate surface area is 87.6 Å². The first kappa shape index (κ1) is 9.80. The van der Waals surface area contributed by atoms with Gasteiger partial charge in [0.05, 0.1) is 5.69 Å². The first-order valence-corrected chi connectivity index (χ1v) is 4.56. The third-order valence-electron chi connectivity index (χ3n) is 2.94. The van der Waals surface area contributed by atoms with Gasteiger partial charge in [0, 0.05) is 23.8 Å². The lowest BCUT2D eigenvalue weighted by Crippen LogP contribution is -2.34. The van der Waals surface area contributed by atoms with Gasteiger partial charge in [-0.25, -0.2) is 14.4 Å². The lowest BCUT2D eigenvalue weighted by Gasteiger charge is -2.26. The van der Waals surface area contributed by atoms with Crippen molar-refractivity contribution in [3.63, 3.8) is 0 Å². The summed E-state index contributed by atoms with van der Waals surface area (Å²) in [4.78, 5) is 7.95. The summed E-state index contributed by atoms with van der Waals surface area (Å²) in [6, 6.07) is 0.264. The van der Waals surface area contributed by atoms with Gasteiger partial charge in [0.1, 0.15) is 6.33 Å². The number of alkyl halides is 1. The Balaban J connectivity index is 0.000000750. The second-order valence-corrected chi connectivity index (χ2v) is 3.67. The second-order valence-electron chi connectivity index (χ2n) is 3.67. The smallest absolute Gasteiger partial charge is 0.158 e. The fourth-order valence-electron chi connectivity index (χ4n) is 2.29. The number of rotatable bonds is 0. The zero-order valence-electron chi connectivity index (χ0n) is 7.48. The van der Waals surface area contributed by atoms with Crippen molar-refractivity contribution < 1.29 is 4.39 Å². The number of fused-ring (bicyclic) bond motifs is 4. The van der Waals surface area contributed by atoms with Gasteiger partial charge in [-0.05, 0) is 12.8 Å². The summed E-state index contributed by atoms with van der Waals surface area (Å²) >= 11 is 0.